The summed E-state index contributed by atoms with van der Waals surface area (Å²) in [5, 5.41) is 10.9. The van der Waals surface area contributed by atoms with Crippen LogP contribution in [0.2, 0.25) is 5.02 Å². The van der Waals surface area contributed by atoms with Crippen molar-refractivity contribution in [1.29, 1.82) is 0 Å². The number of thiocarbonyl (C=S) groups is 1. The van der Waals surface area contributed by atoms with E-state index in [1.54, 1.807) is 18.2 Å². The zero-order valence-electron chi connectivity index (χ0n) is 10.0. The molecule has 0 radical (unpaired) electrons. The number of nitrogens with zero attached hydrogens (tertiary/aromatic N) is 3. The van der Waals surface area contributed by atoms with E-state index in [1.807, 2.05) is 12.1 Å². The molecule has 100 valence electrons. The zero-order valence-corrected chi connectivity index (χ0v) is 11.6. The van der Waals surface area contributed by atoms with E-state index < -0.39 is 5.82 Å². The van der Waals surface area contributed by atoms with Crippen LogP contribution in [0.3, 0.4) is 0 Å². The van der Waals surface area contributed by atoms with Gasteiger partial charge in [0, 0.05) is 5.69 Å². The monoisotopic (exact) mass is 306 g/mol. The number of para-hydroxylation sites is 1. The van der Waals surface area contributed by atoms with Gasteiger partial charge in [-0.3, -0.25) is 0 Å². The van der Waals surface area contributed by atoms with E-state index >= 15 is 0 Å². The van der Waals surface area contributed by atoms with Crippen molar-refractivity contribution in [1.82, 2.24) is 15.0 Å². The standard InChI is InChI=1S/C13H8ClFN4S/c14-9-5-8(16-7-20)6-10(15)13(9)19-12-4-2-1-3-11(12)17-18-19/h1-7H,(H,16,20). The van der Waals surface area contributed by atoms with E-state index in [1.165, 1.54) is 16.2 Å². The van der Waals surface area contributed by atoms with Crippen LogP contribution in [0.5, 0.6) is 0 Å². The molecule has 0 saturated carbocycles. The van der Waals surface area contributed by atoms with Gasteiger partial charge in [0.25, 0.3) is 0 Å². The Labute approximate surface area is 124 Å². The molecule has 2 aromatic carbocycles. The molecule has 3 aromatic rings. The molecule has 7 heteroatoms. The molecule has 0 aliphatic heterocycles. The number of fused-ring (bicyclic) bond motifs is 1. The van der Waals surface area contributed by atoms with Gasteiger partial charge in [0.05, 0.1) is 16.0 Å². The van der Waals surface area contributed by atoms with E-state index in [-0.39, 0.29) is 10.7 Å². The Morgan fingerprint density at radius 1 is 1.30 bits per heavy atom. The van der Waals surface area contributed by atoms with Gasteiger partial charge in [0.2, 0.25) is 0 Å². The molecule has 1 heterocycles. The third kappa shape index (κ3) is 2.13. The molecule has 1 N–H and O–H groups in total. The van der Waals surface area contributed by atoms with Gasteiger partial charge in [0.1, 0.15) is 11.2 Å². The average molecular weight is 307 g/mol. The first-order chi connectivity index (χ1) is 9.70. The highest BCUT2D eigenvalue weighted by Crippen LogP contribution is 2.29. The van der Waals surface area contributed by atoms with Gasteiger partial charge in [-0.05, 0) is 24.3 Å². The third-order valence-electron chi connectivity index (χ3n) is 2.81. The molecule has 4 nitrogen and oxygen atoms in total. The van der Waals surface area contributed by atoms with Gasteiger partial charge in [-0.15, -0.1) is 5.10 Å². The third-order valence-corrected chi connectivity index (χ3v) is 3.21. The fraction of sp³-hybridized carbons (Fsp3) is 0. The Kier molecular flexibility index (Phi) is 3.33. The fourth-order valence-corrected chi connectivity index (χ4v) is 2.38. The molecule has 20 heavy (non-hydrogen) atoms. The van der Waals surface area contributed by atoms with E-state index in [9.17, 15) is 4.39 Å². The first kappa shape index (κ1) is 13.0. The van der Waals surface area contributed by atoms with Crippen molar-refractivity contribution >= 4 is 46.0 Å². The number of anilines is 1. The molecular weight excluding hydrogens is 299 g/mol. The maximum Gasteiger partial charge on any atom is 0.152 e. The number of rotatable bonds is 3. The second-order valence-corrected chi connectivity index (χ2v) is 4.68. The number of aromatic nitrogens is 3. The van der Waals surface area contributed by atoms with Crippen molar-refractivity contribution in [3.63, 3.8) is 0 Å². The number of hydrogen-bond acceptors (Lipinski definition) is 3. The minimum Gasteiger partial charge on any atom is -0.353 e. The van der Waals surface area contributed by atoms with Gasteiger partial charge in [-0.2, -0.15) is 0 Å². The summed E-state index contributed by atoms with van der Waals surface area (Å²) in [7, 11) is 0. The molecule has 0 fully saturated rings. The predicted octanol–water partition coefficient (Wildman–Crippen LogP) is 3.58. The second-order valence-electron chi connectivity index (χ2n) is 4.04. The van der Waals surface area contributed by atoms with Gasteiger partial charge >= 0.3 is 0 Å². The van der Waals surface area contributed by atoms with Crippen LogP contribution >= 0.6 is 23.8 Å². The Morgan fingerprint density at radius 3 is 2.85 bits per heavy atom. The molecule has 1 aromatic heterocycles. The van der Waals surface area contributed by atoms with Gasteiger partial charge in [-0.1, -0.05) is 41.2 Å². The lowest BCUT2D eigenvalue weighted by molar-refractivity contribution is 0.610. The molecule has 0 spiro atoms. The zero-order chi connectivity index (χ0) is 14.1. The number of hydrogen-bond donors (Lipinski definition) is 1. The lowest BCUT2D eigenvalue weighted by Crippen LogP contribution is -2.03. The summed E-state index contributed by atoms with van der Waals surface area (Å²) in [4.78, 5) is 0. The van der Waals surface area contributed by atoms with Crippen LogP contribution in [-0.4, -0.2) is 20.5 Å². The maximum atomic E-state index is 14.3. The minimum absolute atomic E-state index is 0.162. The first-order valence-corrected chi connectivity index (χ1v) is 6.55. The molecule has 3 rings (SSSR count). The van der Waals surface area contributed by atoms with E-state index in [0.29, 0.717) is 16.7 Å². The van der Waals surface area contributed by atoms with E-state index in [4.69, 9.17) is 11.6 Å². The van der Waals surface area contributed by atoms with Crippen LogP contribution < -0.4 is 5.32 Å². The van der Waals surface area contributed by atoms with Crippen LogP contribution in [-0.2, 0) is 0 Å². The van der Waals surface area contributed by atoms with Crippen molar-refractivity contribution in [2.24, 2.45) is 0 Å². The highest BCUT2D eigenvalue weighted by atomic mass is 35.5. The molecule has 0 amide bonds. The number of benzene rings is 2. The normalized spacial score (nSPS) is 10.7. The largest absolute Gasteiger partial charge is 0.353 e. The molecular formula is C13H8ClFN4S. The predicted molar refractivity (Wildman–Crippen MR) is 81.1 cm³/mol. The molecule has 0 aliphatic rings. The summed E-state index contributed by atoms with van der Waals surface area (Å²) >= 11 is 10.8. The SMILES string of the molecule is Fc1cc(NC=S)cc(Cl)c1-n1nnc2ccccc21. The second kappa shape index (κ2) is 5.15. The number of halogens is 2. The van der Waals surface area contributed by atoms with Crippen LogP contribution in [0.25, 0.3) is 16.7 Å². The number of nitrogens with one attached hydrogen (secondary N) is 1. The van der Waals surface area contributed by atoms with E-state index in [0.717, 1.165) is 0 Å². The van der Waals surface area contributed by atoms with Gasteiger partial charge in [-0.25, -0.2) is 9.07 Å². The molecule has 0 aliphatic carbocycles. The van der Waals surface area contributed by atoms with Crippen molar-refractivity contribution in [3.8, 4) is 5.69 Å². The average Bonchev–Trinajstić information content (AvgIpc) is 2.83. The lowest BCUT2D eigenvalue weighted by Gasteiger charge is -2.09. The summed E-state index contributed by atoms with van der Waals surface area (Å²) in [5.41, 5.74) is 3.29. The van der Waals surface area contributed by atoms with Crippen molar-refractivity contribution in [2.45, 2.75) is 0 Å². The Bertz CT molecular complexity index is 779. The van der Waals surface area contributed by atoms with E-state index in [2.05, 4.69) is 27.8 Å². The topological polar surface area (TPSA) is 42.7 Å². The fourth-order valence-electron chi connectivity index (χ4n) is 1.95. The quantitative estimate of drug-likeness (QED) is 0.751. The summed E-state index contributed by atoms with van der Waals surface area (Å²) in [6.07, 6.45) is 0. The maximum absolute atomic E-state index is 14.3. The minimum atomic E-state index is -0.507. The highest BCUT2D eigenvalue weighted by Gasteiger charge is 2.15. The lowest BCUT2D eigenvalue weighted by atomic mass is 10.2. The Balaban J connectivity index is 2.21. The summed E-state index contributed by atoms with van der Waals surface area (Å²) in [6.45, 7) is 0. The van der Waals surface area contributed by atoms with Gasteiger partial charge in [0.15, 0.2) is 5.82 Å². The molecule has 0 unspecified atom stereocenters. The van der Waals surface area contributed by atoms with Crippen molar-refractivity contribution in [2.75, 3.05) is 5.32 Å². The van der Waals surface area contributed by atoms with Crippen LogP contribution in [0.4, 0.5) is 10.1 Å². The van der Waals surface area contributed by atoms with Crippen LogP contribution in [0.1, 0.15) is 0 Å². The van der Waals surface area contributed by atoms with Crippen LogP contribution in [0, 0.1) is 5.82 Å². The smallest absolute Gasteiger partial charge is 0.152 e. The summed E-state index contributed by atoms with van der Waals surface area (Å²) in [6, 6.07) is 10.2. The highest BCUT2D eigenvalue weighted by molar-refractivity contribution is 7.79. The summed E-state index contributed by atoms with van der Waals surface area (Å²) in [5.74, 6) is -0.507. The van der Waals surface area contributed by atoms with Crippen molar-refractivity contribution in [3.05, 3.63) is 47.2 Å². The van der Waals surface area contributed by atoms with Crippen LogP contribution in [0.15, 0.2) is 36.4 Å². The summed E-state index contributed by atoms with van der Waals surface area (Å²) < 4.78 is 15.6. The Morgan fingerprint density at radius 2 is 2.10 bits per heavy atom. The van der Waals surface area contributed by atoms with Crippen molar-refractivity contribution < 1.29 is 4.39 Å². The first-order valence-electron chi connectivity index (χ1n) is 5.71. The molecule has 0 saturated heterocycles. The molecule has 0 bridgehead atoms. The Hall–Kier alpha value is -2.05. The molecule has 0 atom stereocenters. The van der Waals surface area contributed by atoms with Gasteiger partial charge < -0.3 is 5.32 Å².